The number of benzene rings is 3. The van der Waals surface area contributed by atoms with E-state index in [0.717, 1.165) is 38.8 Å². The summed E-state index contributed by atoms with van der Waals surface area (Å²) in [5.41, 5.74) is 5.85. The molecule has 4 aromatic rings. The second kappa shape index (κ2) is 14.1. The molecular weight excluding hydrogens is 662 g/mol. The Balaban J connectivity index is 1.58. The molecule has 44 heavy (non-hydrogen) atoms. The summed E-state index contributed by atoms with van der Waals surface area (Å²) in [5, 5.41) is 12.6. The van der Waals surface area contributed by atoms with Crippen molar-refractivity contribution in [2.75, 3.05) is 23.8 Å². The smallest absolute Gasteiger partial charge is 0.255 e. The summed E-state index contributed by atoms with van der Waals surface area (Å²) in [7, 11) is 0. The fraction of sp³-hybridized carbons (Fsp3) is 0.303. The zero-order valence-corrected chi connectivity index (χ0v) is 28.5. The summed E-state index contributed by atoms with van der Waals surface area (Å²) in [5.74, 6) is 2.12. The van der Waals surface area contributed by atoms with Crippen LogP contribution in [0.15, 0.2) is 75.5 Å². The van der Waals surface area contributed by atoms with Crippen LogP contribution in [0.5, 0.6) is 11.5 Å². The lowest BCUT2D eigenvalue weighted by Crippen LogP contribution is -2.31. The van der Waals surface area contributed by atoms with E-state index in [4.69, 9.17) is 31.2 Å². The molecule has 0 bridgehead atoms. The summed E-state index contributed by atoms with van der Waals surface area (Å²) < 4.78 is 14.6. The van der Waals surface area contributed by atoms with Crippen LogP contribution in [0, 0.1) is 13.8 Å². The number of amides is 1. The van der Waals surface area contributed by atoms with Crippen LogP contribution in [0.4, 0.5) is 11.6 Å². The topological polar surface area (TPSA) is 90.3 Å². The first-order valence-corrected chi connectivity index (χ1v) is 16.6. The van der Waals surface area contributed by atoms with Gasteiger partial charge >= 0.3 is 0 Å². The van der Waals surface area contributed by atoms with E-state index < -0.39 is 6.04 Å². The van der Waals surface area contributed by atoms with Crippen LogP contribution >= 0.6 is 39.3 Å². The molecule has 1 aromatic heterocycles. The average Bonchev–Trinajstić information content (AvgIpc) is 3.40. The molecule has 5 rings (SSSR count). The molecule has 0 saturated carbocycles. The first kappa shape index (κ1) is 31.9. The molecule has 2 heterocycles. The minimum absolute atomic E-state index is 0.236. The fourth-order valence-corrected chi connectivity index (χ4v) is 6.67. The van der Waals surface area contributed by atoms with E-state index in [9.17, 15) is 4.79 Å². The van der Waals surface area contributed by atoms with Crippen molar-refractivity contribution in [2.24, 2.45) is 0 Å². The molecule has 1 amide bonds. The molecule has 11 heteroatoms. The monoisotopic (exact) mass is 695 g/mol. The number of carbonyl (C=O) groups is 1. The van der Waals surface area contributed by atoms with E-state index in [0.29, 0.717) is 57.9 Å². The largest absolute Gasteiger partial charge is 0.490 e. The third-order valence-electron chi connectivity index (χ3n) is 7.34. The van der Waals surface area contributed by atoms with E-state index in [1.165, 1.54) is 11.8 Å². The number of rotatable bonds is 11. The summed E-state index contributed by atoms with van der Waals surface area (Å²) >= 11 is 11.6. The standard InChI is InChI=1S/C33H35BrClN5O3S/c1-6-15-43-30-24(34)16-23(17-27(30)42-7-2)29-28(31(41)37-26-14-10-11-19(3)20(26)4)21(5)36-32-38-33(39-40(29)32)44-18-22-12-8-9-13-25(22)35/h8-14,16-17,29H,6-7,15,18H2,1-5H3,(H,37,41)(H,36,38,39). The van der Waals surface area contributed by atoms with Gasteiger partial charge in [0.1, 0.15) is 6.04 Å². The van der Waals surface area contributed by atoms with Crippen molar-refractivity contribution < 1.29 is 14.3 Å². The highest BCUT2D eigenvalue weighted by Gasteiger charge is 2.35. The molecule has 0 aliphatic carbocycles. The third-order valence-corrected chi connectivity index (χ3v) is 9.19. The van der Waals surface area contributed by atoms with Crippen molar-refractivity contribution >= 4 is 56.8 Å². The SMILES string of the molecule is CCCOc1c(Br)cc(C2C(C(=O)Nc3cccc(C)c3C)=C(C)Nc3nc(SCc4ccccc4Cl)nn32)cc1OCC. The number of ether oxygens (including phenoxy) is 2. The molecule has 0 radical (unpaired) electrons. The minimum atomic E-state index is -0.603. The lowest BCUT2D eigenvalue weighted by atomic mass is 9.94. The van der Waals surface area contributed by atoms with Crippen molar-refractivity contribution in [1.29, 1.82) is 0 Å². The molecule has 1 unspecified atom stereocenters. The van der Waals surface area contributed by atoms with E-state index in [2.05, 4.69) is 33.5 Å². The van der Waals surface area contributed by atoms with Crippen LogP contribution < -0.4 is 20.1 Å². The second-order valence-electron chi connectivity index (χ2n) is 10.4. The van der Waals surface area contributed by atoms with Gasteiger partial charge in [-0.3, -0.25) is 4.79 Å². The predicted molar refractivity (Wildman–Crippen MR) is 181 cm³/mol. The van der Waals surface area contributed by atoms with Crippen LogP contribution in [0.3, 0.4) is 0 Å². The first-order valence-electron chi connectivity index (χ1n) is 14.5. The normalized spacial score (nSPS) is 14.2. The maximum absolute atomic E-state index is 14.1. The molecule has 230 valence electrons. The van der Waals surface area contributed by atoms with Gasteiger partial charge in [0.25, 0.3) is 5.91 Å². The second-order valence-corrected chi connectivity index (χ2v) is 12.6. The van der Waals surface area contributed by atoms with E-state index in [-0.39, 0.29) is 5.91 Å². The average molecular weight is 697 g/mol. The van der Waals surface area contributed by atoms with Gasteiger partial charge in [-0.25, -0.2) is 4.68 Å². The molecule has 1 aliphatic heterocycles. The highest BCUT2D eigenvalue weighted by atomic mass is 79.9. The molecular formula is C33H35BrClN5O3S. The predicted octanol–water partition coefficient (Wildman–Crippen LogP) is 8.72. The highest BCUT2D eigenvalue weighted by molar-refractivity contribution is 9.10. The van der Waals surface area contributed by atoms with Gasteiger partial charge in [-0.1, -0.05) is 60.6 Å². The number of nitrogens with zero attached hydrogens (tertiary/aromatic N) is 3. The van der Waals surface area contributed by atoms with E-state index in [1.54, 1.807) is 4.68 Å². The number of nitrogens with one attached hydrogen (secondary N) is 2. The third kappa shape index (κ3) is 6.77. The van der Waals surface area contributed by atoms with Gasteiger partial charge in [0.05, 0.1) is 23.3 Å². The molecule has 8 nitrogen and oxygen atoms in total. The number of allylic oxidation sites excluding steroid dienone is 1. The van der Waals surface area contributed by atoms with Crippen molar-refractivity contribution in [1.82, 2.24) is 14.8 Å². The maximum atomic E-state index is 14.1. The van der Waals surface area contributed by atoms with Crippen molar-refractivity contribution in [3.05, 3.63) is 97.6 Å². The zero-order valence-electron chi connectivity index (χ0n) is 25.3. The number of thioether (sulfide) groups is 1. The van der Waals surface area contributed by atoms with Crippen LogP contribution in [0.2, 0.25) is 5.02 Å². The Morgan fingerprint density at radius 1 is 1.11 bits per heavy atom. The Labute approximate surface area is 275 Å². The quantitative estimate of drug-likeness (QED) is 0.152. The molecule has 2 N–H and O–H groups in total. The molecule has 0 fully saturated rings. The van der Waals surface area contributed by atoms with Crippen LogP contribution in [0.25, 0.3) is 0 Å². The van der Waals surface area contributed by atoms with Gasteiger partial charge in [-0.2, -0.15) is 4.98 Å². The van der Waals surface area contributed by atoms with Gasteiger partial charge in [0, 0.05) is 22.2 Å². The molecule has 1 aliphatic rings. The minimum Gasteiger partial charge on any atom is -0.490 e. The summed E-state index contributed by atoms with van der Waals surface area (Å²) in [6, 6.07) is 16.9. The molecule has 1 atom stereocenters. The number of fused-ring (bicyclic) bond motifs is 1. The Morgan fingerprint density at radius 3 is 2.66 bits per heavy atom. The summed E-state index contributed by atoms with van der Waals surface area (Å²) in [6.45, 7) is 10.9. The number of hydrogen-bond donors (Lipinski definition) is 2. The Hall–Kier alpha value is -3.47. The van der Waals surface area contributed by atoms with Crippen LogP contribution in [0.1, 0.15) is 55.5 Å². The van der Waals surface area contributed by atoms with Gasteiger partial charge in [0.15, 0.2) is 11.5 Å². The van der Waals surface area contributed by atoms with Gasteiger partial charge in [-0.15, -0.1) is 5.10 Å². The van der Waals surface area contributed by atoms with Crippen molar-refractivity contribution in [3.8, 4) is 11.5 Å². The number of aromatic nitrogens is 3. The Morgan fingerprint density at radius 2 is 1.91 bits per heavy atom. The maximum Gasteiger partial charge on any atom is 0.255 e. The number of halogens is 2. The summed E-state index contributed by atoms with van der Waals surface area (Å²) in [4.78, 5) is 18.9. The molecule has 3 aromatic carbocycles. The Bertz CT molecular complexity index is 1720. The molecule has 0 saturated heterocycles. The highest BCUT2D eigenvalue weighted by Crippen LogP contribution is 2.43. The lowest BCUT2D eigenvalue weighted by molar-refractivity contribution is -0.113. The molecule has 0 spiro atoms. The van der Waals surface area contributed by atoms with Gasteiger partial charge in [-0.05, 0) is 96.6 Å². The fourth-order valence-electron chi connectivity index (χ4n) is 4.98. The lowest BCUT2D eigenvalue weighted by Gasteiger charge is -2.29. The van der Waals surface area contributed by atoms with E-state index in [1.807, 2.05) is 82.3 Å². The van der Waals surface area contributed by atoms with Crippen LogP contribution in [-0.4, -0.2) is 33.9 Å². The number of anilines is 2. The number of hydrogen-bond acceptors (Lipinski definition) is 7. The number of carbonyl (C=O) groups excluding carboxylic acids is 1. The van der Waals surface area contributed by atoms with E-state index >= 15 is 0 Å². The summed E-state index contributed by atoms with van der Waals surface area (Å²) in [6.07, 6.45) is 0.857. The van der Waals surface area contributed by atoms with Gasteiger partial charge in [0.2, 0.25) is 11.1 Å². The number of aryl methyl sites for hydroxylation is 1. The van der Waals surface area contributed by atoms with Crippen molar-refractivity contribution in [2.45, 2.75) is 58.0 Å². The zero-order chi connectivity index (χ0) is 31.4. The Kier molecular flexibility index (Phi) is 10.2. The van der Waals surface area contributed by atoms with Crippen molar-refractivity contribution in [3.63, 3.8) is 0 Å². The van der Waals surface area contributed by atoms with Crippen LogP contribution in [-0.2, 0) is 10.5 Å². The first-order chi connectivity index (χ1) is 21.2. The van der Waals surface area contributed by atoms with Gasteiger partial charge < -0.3 is 20.1 Å².